The molecule has 116 valence electrons. The maximum Gasteiger partial charge on any atom is 0.242 e. The van der Waals surface area contributed by atoms with Gasteiger partial charge in [0, 0.05) is 45.6 Å². The summed E-state index contributed by atoms with van der Waals surface area (Å²) in [6.07, 6.45) is 4.28. The lowest BCUT2D eigenvalue weighted by atomic mass is 10.3. The molecule has 0 aromatic carbocycles. The lowest BCUT2D eigenvalue weighted by Crippen LogP contribution is -2.41. The van der Waals surface area contributed by atoms with Gasteiger partial charge in [0.1, 0.15) is 0 Å². The molecular formula is C14H23N5O2. The second-order valence-electron chi connectivity index (χ2n) is 5.20. The van der Waals surface area contributed by atoms with Crippen LogP contribution in [0, 0.1) is 0 Å². The molecule has 1 fully saturated rings. The Kier molecular flexibility index (Phi) is 5.89. The minimum absolute atomic E-state index is 0.0933. The Morgan fingerprint density at radius 1 is 1.29 bits per heavy atom. The zero-order valence-corrected chi connectivity index (χ0v) is 12.5. The first-order chi connectivity index (χ1) is 10.2. The number of aromatic nitrogens is 2. The first-order valence-corrected chi connectivity index (χ1v) is 7.30. The van der Waals surface area contributed by atoms with Gasteiger partial charge in [0.25, 0.3) is 0 Å². The van der Waals surface area contributed by atoms with E-state index >= 15 is 0 Å². The van der Waals surface area contributed by atoms with Gasteiger partial charge in [-0.05, 0) is 19.0 Å². The van der Waals surface area contributed by atoms with Gasteiger partial charge in [-0.25, -0.2) is 9.97 Å². The molecule has 1 amide bonds. The van der Waals surface area contributed by atoms with E-state index in [4.69, 9.17) is 5.11 Å². The van der Waals surface area contributed by atoms with Crippen molar-refractivity contribution in [3.8, 4) is 0 Å². The molecule has 7 nitrogen and oxygen atoms in total. The number of likely N-dealkylation sites (N-methyl/N-ethyl adjacent to an activating group) is 1. The summed E-state index contributed by atoms with van der Waals surface area (Å²) in [6.45, 7) is 4.36. The fraction of sp³-hybridized carbons (Fsp3) is 0.643. The average molecular weight is 293 g/mol. The predicted octanol–water partition coefficient (Wildman–Crippen LogP) is -0.561. The highest BCUT2D eigenvalue weighted by atomic mass is 16.3. The number of hydrogen-bond donors (Lipinski definition) is 1. The third-order valence-corrected chi connectivity index (χ3v) is 3.62. The van der Waals surface area contributed by atoms with E-state index in [1.54, 1.807) is 23.4 Å². The van der Waals surface area contributed by atoms with Crippen molar-refractivity contribution in [3.63, 3.8) is 0 Å². The highest BCUT2D eigenvalue weighted by molar-refractivity contribution is 5.80. The summed E-state index contributed by atoms with van der Waals surface area (Å²) in [5.41, 5.74) is 0. The van der Waals surface area contributed by atoms with Crippen LogP contribution in [0.4, 0.5) is 5.95 Å². The van der Waals surface area contributed by atoms with Crippen LogP contribution in [-0.2, 0) is 4.79 Å². The van der Waals surface area contributed by atoms with E-state index in [0.717, 1.165) is 26.1 Å². The summed E-state index contributed by atoms with van der Waals surface area (Å²) in [5.74, 6) is 0.651. The number of rotatable bonds is 5. The molecule has 1 aliphatic heterocycles. The van der Waals surface area contributed by atoms with E-state index < -0.39 is 0 Å². The van der Waals surface area contributed by atoms with Crippen LogP contribution in [0.1, 0.15) is 6.42 Å². The molecule has 0 atom stereocenters. The normalized spacial score (nSPS) is 16.6. The second-order valence-corrected chi connectivity index (χ2v) is 5.20. The van der Waals surface area contributed by atoms with Crippen molar-refractivity contribution < 1.29 is 9.90 Å². The first-order valence-electron chi connectivity index (χ1n) is 7.30. The number of hydrogen-bond acceptors (Lipinski definition) is 6. The summed E-state index contributed by atoms with van der Waals surface area (Å²) < 4.78 is 0. The van der Waals surface area contributed by atoms with Crippen molar-refractivity contribution in [1.82, 2.24) is 19.8 Å². The van der Waals surface area contributed by atoms with E-state index in [9.17, 15) is 4.79 Å². The van der Waals surface area contributed by atoms with E-state index in [1.165, 1.54) is 0 Å². The van der Waals surface area contributed by atoms with Crippen molar-refractivity contribution in [2.45, 2.75) is 6.42 Å². The first kappa shape index (κ1) is 15.7. The largest absolute Gasteiger partial charge is 0.395 e. The van der Waals surface area contributed by atoms with Crippen LogP contribution in [0.5, 0.6) is 0 Å². The molecule has 1 aliphatic rings. The van der Waals surface area contributed by atoms with Crippen LogP contribution in [0.15, 0.2) is 18.5 Å². The van der Waals surface area contributed by atoms with Crippen molar-refractivity contribution in [3.05, 3.63) is 18.5 Å². The molecule has 2 rings (SSSR count). The van der Waals surface area contributed by atoms with E-state index in [1.807, 2.05) is 11.9 Å². The SMILES string of the molecule is CN(CC(=O)N1CCCN(CCO)CC1)c1ncccn1. The molecule has 0 aliphatic carbocycles. The zero-order chi connectivity index (χ0) is 15.1. The minimum Gasteiger partial charge on any atom is -0.395 e. The zero-order valence-electron chi connectivity index (χ0n) is 12.5. The van der Waals surface area contributed by atoms with E-state index in [2.05, 4.69) is 14.9 Å². The molecule has 0 unspecified atom stereocenters. The number of aliphatic hydroxyl groups excluding tert-OH is 1. The number of nitrogens with zero attached hydrogens (tertiary/aromatic N) is 5. The van der Waals surface area contributed by atoms with Crippen LogP contribution < -0.4 is 4.90 Å². The van der Waals surface area contributed by atoms with Crippen molar-refractivity contribution in [2.24, 2.45) is 0 Å². The van der Waals surface area contributed by atoms with Crippen LogP contribution >= 0.6 is 0 Å². The Labute approximate surface area is 125 Å². The molecule has 0 radical (unpaired) electrons. The van der Waals surface area contributed by atoms with Crippen LogP contribution in [0.2, 0.25) is 0 Å². The molecule has 1 aromatic heterocycles. The summed E-state index contributed by atoms with van der Waals surface area (Å²) in [7, 11) is 1.82. The van der Waals surface area contributed by atoms with Crippen molar-refractivity contribution in [2.75, 3.05) is 57.8 Å². The lowest BCUT2D eigenvalue weighted by Gasteiger charge is -2.24. The minimum atomic E-state index is 0.0933. The standard InChI is InChI=1S/C14H23N5O2/c1-17(14-15-4-2-5-16-14)12-13(21)19-7-3-6-18(8-9-19)10-11-20/h2,4-5,20H,3,6-12H2,1H3. The molecule has 7 heteroatoms. The van der Waals surface area contributed by atoms with Gasteiger partial charge in [-0.1, -0.05) is 0 Å². The van der Waals surface area contributed by atoms with Gasteiger partial charge in [-0.3, -0.25) is 9.69 Å². The number of amides is 1. The Bertz CT molecular complexity index is 442. The van der Waals surface area contributed by atoms with Crippen molar-refractivity contribution >= 4 is 11.9 Å². The number of aliphatic hydroxyl groups is 1. The van der Waals surface area contributed by atoms with Gasteiger partial charge in [0.05, 0.1) is 13.2 Å². The smallest absolute Gasteiger partial charge is 0.242 e. The number of β-amino-alcohol motifs (C(OH)–C–C–N with tert-alkyl or cyclic N) is 1. The number of carbonyl (C=O) groups excluding carboxylic acids is 1. The van der Waals surface area contributed by atoms with Gasteiger partial charge in [-0.2, -0.15) is 0 Å². The molecule has 1 saturated heterocycles. The Hall–Kier alpha value is -1.73. The molecule has 0 saturated carbocycles. The molecule has 2 heterocycles. The quantitative estimate of drug-likeness (QED) is 0.784. The van der Waals surface area contributed by atoms with Gasteiger partial charge >= 0.3 is 0 Å². The van der Waals surface area contributed by atoms with E-state index in [0.29, 0.717) is 19.0 Å². The summed E-state index contributed by atoms with van der Waals surface area (Å²) >= 11 is 0. The third kappa shape index (κ3) is 4.64. The molecule has 0 spiro atoms. The van der Waals surface area contributed by atoms with Gasteiger partial charge in [0.15, 0.2) is 0 Å². The third-order valence-electron chi connectivity index (χ3n) is 3.62. The predicted molar refractivity (Wildman–Crippen MR) is 80.0 cm³/mol. The lowest BCUT2D eigenvalue weighted by molar-refractivity contribution is -0.129. The molecule has 21 heavy (non-hydrogen) atoms. The van der Waals surface area contributed by atoms with E-state index in [-0.39, 0.29) is 19.1 Å². The van der Waals surface area contributed by atoms with Gasteiger partial charge < -0.3 is 14.9 Å². The molecular weight excluding hydrogens is 270 g/mol. The molecule has 0 bridgehead atoms. The fourth-order valence-electron chi connectivity index (χ4n) is 2.45. The topological polar surface area (TPSA) is 72.8 Å². The Morgan fingerprint density at radius 2 is 2.05 bits per heavy atom. The number of carbonyl (C=O) groups is 1. The summed E-state index contributed by atoms with van der Waals surface area (Å²) in [5, 5.41) is 8.99. The Balaban J connectivity index is 1.85. The highest BCUT2D eigenvalue weighted by Crippen LogP contribution is 2.06. The summed E-state index contributed by atoms with van der Waals surface area (Å²) in [4.78, 5) is 26.5. The van der Waals surface area contributed by atoms with Crippen LogP contribution in [0.3, 0.4) is 0 Å². The fourth-order valence-corrected chi connectivity index (χ4v) is 2.45. The van der Waals surface area contributed by atoms with Crippen LogP contribution in [-0.4, -0.2) is 83.7 Å². The second kappa shape index (κ2) is 7.90. The van der Waals surface area contributed by atoms with Crippen LogP contribution in [0.25, 0.3) is 0 Å². The van der Waals surface area contributed by atoms with Gasteiger partial charge in [-0.15, -0.1) is 0 Å². The highest BCUT2D eigenvalue weighted by Gasteiger charge is 2.20. The Morgan fingerprint density at radius 3 is 2.76 bits per heavy atom. The van der Waals surface area contributed by atoms with Crippen molar-refractivity contribution in [1.29, 1.82) is 0 Å². The molecule has 1 aromatic rings. The monoisotopic (exact) mass is 293 g/mol. The van der Waals surface area contributed by atoms with Gasteiger partial charge in [0.2, 0.25) is 11.9 Å². The maximum absolute atomic E-state index is 12.4. The summed E-state index contributed by atoms with van der Waals surface area (Å²) in [6, 6.07) is 1.75. The maximum atomic E-state index is 12.4. The molecule has 1 N–H and O–H groups in total. The number of anilines is 1. The average Bonchev–Trinajstić information content (AvgIpc) is 2.74.